The highest BCUT2D eigenvalue weighted by Crippen LogP contribution is 2.23. The number of benzene rings is 2. The summed E-state index contributed by atoms with van der Waals surface area (Å²) in [5, 5.41) is 9.16. The number of hydrogen-bond donors (Lipinski definition) is 2. The molecule has 0 radical (unpaired) electrons. The first kappa shape index (κ1) is 16.0. The molecule has 0 aliphatic carbocycles. The summed E-state index contributed by atoms with van der Waals surface area (Å²) < 4.78 is 40.2. The molecule has 0 amide bonds. The van der Waals surface area contributed by atoms with Gasteiger partial charge in [0.05, 0.1) is 16.1 Å². The molecule has 5 nitrogen and oxygen atoms in total. The summed E-state index contributed by atoms with van der Waals surface area (Å²) in [6.45, 7) is 3.22. The van der Waals surface area contributed by atoms with Gasteiger partial charge in [0.1, 0.15) is 5.82 Å². The van der Waals surface area contributed by atoms with Gasteiger partial charge in [0.2, 0.25) is 0 Å². The second kappa shape index (κ2) is 5.76. The van der Waals surface area contributed by atoms with Crippen LogP contribution in [0, 0.1) is 19.7 Å². The van der Waals surface area contributed by atoms with Gasteiger partial charge in [0.25, 0.3) is 10.0 Å². The number of rotatable bonds is 4. The van der Waals surface area contributed by atoms with Crippen LogP contribution in [0.3, 0.4) is 0 Å². The summed E-state index contributed by atoms with van der Waals surface area (Å²) in [7, 11) is -4.09. The zero-order valence-corrected chi connectivity index (χ0v) is 12.7. The van der Waals surface area contributed by atoms with Gasteiger partial charge in [-0.3, -0.25) is 4.72 Å². The first-order chi connectivity index (χ1) is 10.2. The van der Waals surface area contributed by atoms with E-state index in [1.165, 1.54) is 25.1 Å². The molecule has 0 aliphatic rings. The third kappa shape index (κ3) is 3.25. The maximum atomic E-state index is 13.3. The molecular weight excluding hydrogens is 309 g/mol. The molecule has 2 rings (SSSR count). The van der Waals surface area contributed by atoms with Gasteiger partial charge in [-0.1, -0.05) is 17.7 Å². The molecule has 22 heavy (non-hydrogen) atoms. The van der Waals surface area contributed by atoms with E-state index in [4.69, 9.17) is 5.11 Å². The van der Waals surface area contributed by atoms with Gasteiger partial charge >= 0.3 is 5.97 Å². The van der Waals surface area contributed by atoms with Gasteiger partial charge in [-0.25, -0.2) is 17.6 Å². The first-order valence-corrected chi connectivity index (χ1v) is 7.82. The zero-order chi connectivity index (χ0) is 16.5. The Labute approximate surface area is 127 Å². The van der Waals surface area contributed by atoms with Crippen molar-refractivity contribution in [2.24, 2.45) is 0 Å². The lowest BCUT2D eigenvalue weighted by Gasteiger charge is -2.13. The normalized spacial score (nSPS) is 11.2. The Morgan fingerprint density at radius 2 is 1.82 bits per heavy atom. The molecule has 7 heteroatoms. The highest BCUT2D eigenvalue weighted by molar-refractivity contribution is 7.92. The monoisotopic (exact) mass is 323 g/mol. The maximum absolute atomic E-state index is 13.3. The second-order valence-electron chi connectivity index (χ2n) is 4.87. The number of carboxylic acid groups (broad SMARTS) is 1. The van der Waals surface area contributed by atoms with Crippen molar-refractivity contribution < 1.29 is 22.7 Å². The van der Waals surface area contributed by atoms with Gasteiger partial charge in [-0.2, -0.15) is 0 Å². The number of anilines is 1. The largest absolute Gasteiger partial charge is 0.478 e. The molecule has 0 bridgehead atoms. The Balaban J connectivity index is 2.50. The van der Waals surface area contributed by atoms with Crippen LogP contribution in [0.15, 0.2) is 41.3 Å². The average molecular weight is 323 g/mol. The Bertz CT molecular complexity index is 847. The highest BCUT2D eigenvalue weighted by atomic mass is 32.2. The van der Waals surface area contributed by atoms with Crippen LogP contribution in [0.5, 0.6) is 0 Å². The van der Waals surface area contributed by atoms with Gasteiger partial charge in [0, 0.05) is 0 Å². The fourth-order valence-electron chi connectivity index (χ4n) is 1.99. The quantitative estimate of drug-likeness (QED) is 0.906. The number of carboxylic acids is 1. The molecule has 0 unspecified atom stereocenters. The van der Waals surface area contributed by atoms with Crippen LogP contribution in [0.4, 0.5) is 10.1 Å². The zero-order valence-electron chi connectivity index (χ0n) is 11.9. The van der Waals surface area contributed by atoms with Crippen molar-refractivity contribution in [1.29, 1.82) is 0 Å². The predicted octanol–water partition coefficient (Wildman–Crippen LogP) is 2.94. The molecule has 0 saturated heterocycles. The van der Waals surface area contributed by atoms with Crippen LogP contribution >= 0.6 is 0 Å². The van der Waals surface area contributed by atoms with Crippen LogP contribution in [-0.4, -0.2) is 19.5 Å². The fourth-order valence-corrected chi connectivity index (χ4v) is 3.32. The fraction of sp³-hybridized carbons (Fsp3) is 0.133. The van der Waals surface area contributed by atoms with Crippen molar-refractivity contribution in [3.8, 4) is 0 Å². The molecule has 0 fully saturated rings. The van der Waals surface area contributed by atoms with Crippen LogP contribution in [0.25, 0.3) is 0 Å². The first-order valence-electron chi connectivity index (χ1n) is 6.33. The summed E-state index contributed by atoms with van der Waals surface area (Å²) in [5.41, 5.74) is 0.805. The van der Waals surface area contributed by atoms with E-state index in [0.29, 0.717) is 11.1 Å². The summed E-state index contributed by atoms with van der Waals surface area (Å²) in [6.07, 6.45) is 0. The standard InChI is InChI=1S/C15H14FNO4S/c1-9-3-6-13(12(7-9)15(18)19)17-22(20,21)14-8-11(16)5-4-10(14)2/h3-8,17H,1-2H3,(H,18,19). The average Bonchev–Trinajstić information content (AvgIpc) is 2.43. The molecule has 0 aliphatic heterocycles. The SMILES string of the molecule is Cc1ccc(NS(=O)(=O)c2cc(F)ccc2C)c(C(=O)O)c1. The third-order valence-electron chi connectivity index (χ3n) is 3.09. The molecule has 0 atom stereocenters. The van der Waals surface area contributed by atoms with Gasteiger partial charge in [0.15, 0.2) is 0 Å². The molecule has 0 aromatic heterocycles. The van der Waals surface area contributed by atoms with Gasteiger partial charge in [-0.15, -0.1) is 0 Å². The van der Waals surface area contributed by atoms with Crippen LogP contribution in [-0.2, 0) is 10.0 Å². The lowest BCUT2D eigenvalue weighted by molar-refractivity contribution is 0.0698. The molecule has 0 spiro atoms. The van der Waals surface area contributed by atoms with E-state index < -0.39 is 21.8 Å². The van der Waals surface area contributed by atoms with Crippen molar-refractivity contribution in [2.45, 2.75) is 18.7 Å². The topological polar surface area (TPSA) is 83.5 Å². The summed E-state index contributed by atoms with van der Waals surface area (Å²) in [6, 6.07) is 7.71. The van der Waals surface area contributed by atoms with Crippen molar-refractivity contribution in [3.05, 3.63) is 58.9 Å². The van der Waals surface area contributed by atoms with Crippen molar-refractivity contribution >= 4 is 21.7 Å². The lowest BCUT2D eigenvalue weighted by Crippen LogP contribution is -2.17. The second-order valence-corrected chi connectivity index (χ2v) is 6.52. The van der Waals surface area contributed by atoms with Crippen molar-refractivity contribution in [2.75, 3.05) is 4.72 Å². The minimum atomic E-state index is -4.09. The Morgan fingerprint density at radius 1 is 1.14 bits per heavy atom. The number of sulfonamides is 1. The summed E-state index contributed by atoms with van der Waals surface area (Å²) in [4.78, 5) is 11.0. The predicted molar refractivity (Wildman–Crippen MR) is 80.1 cm³/mol. The van der Waals surface area contributed by atoms with E-state index in [9.17, 15) is 17.6 Å². The smallest absolute Gasteiger partial charge is 0.337 e. The van der Waals surface area contributed by atoms with Gasteiger partial charge in [-0.05, 0) is 43.7 Å². The van der Waals surface area contributed by atoms with E-state index in [1.807, 2.05) is 0 Å². The molecule has 2 aromatic rings. The van der Waals surface area contributed by atoms with Gasteiger partial charge < -0.3 is 5.11 Å². The highest BCUT2D eigenvalue weighted by Gasteiger charge is 2.21. The Morgan fingerprint density at radius 3 is 2.45 bits per heavy atom. The van der Waals surface area contributed by atoms with E-state index >= 15 is 0 Å². The molecule has 0 saturated carbocycles. The molecule has 0 heterocycles. The summed E-state index contributed by atoms with van der Waals surface area (Å²) in [5.74, 6) is -1.94. The Hall–Kier alpha value is -2.41. The van der Waals surface area contributed by atoms with E-state index in [2.05, 4.69) is 4.72 Å². The number of aromatic carboxylic acids is 1. The summed E-state index contributed by atoms with van der Waals surface area (Å²) >= 11 is 0. The van der Waals surface area contributed by atoms with Crippen molar-refractivity contribution in [3.63, 3.8) is 0 Å². The minimum Gasteiger partial charge on any atom is -0.478 e. The van der Waals surface area contributed by atoms with Crippen LogP contribution in [0.2, 0.25) is 0 Å². The van der Waals surface area contributed by atoms with Crippen LogP contribution in [0.1, 0.15) is 21.5 Å². The number of hydrogen-bond acceptors (Lipinski definition) is 3. The maximum Gasteiger partial charge on any atom is 0.337 e. The molecular formula is C15H14FNO4S. The van der Waals surface area contributed by atoms with E-state index in [-0.39, 0.29) is 16.1 Å². The van der Waals surface area contributed by atoms with Crippen LogP contribution < -0.4 is 4.72 Å². The molecule has 2 N–H and O–H groups in total. The minimum absolute atomic E-state index is 0.0678. The number of aryl methyl sites for hydroxylation is 2. The Kier molecular flexibility index (Phi) is 4.18. The molecule has 116 valence electrons. The third-order valence-corrected chi connectivity index (χ3v) is 4.60. The number of nitrogens with one attached hydrogen (secondary N) is 1. The number of carbonyl (C=O) groups is 1. The lowest BCUT2D eigenvalue weighted by atomic mass is 10.1. The van der Waals surface area contributed by atoms with E-state index in [0.717, 1.165) is 12.1 Å². The molecule has 2 aromatic carbocycles. The number of halogens is 1. The van der Waals surface area contributed by atoms with E-state index in [1.54, 1.807) is 13.0 Å². The van der Waals surface area contributed by atoms with Crippen molar-refractivity contribution in [1.82, 2.24) is 0 Å².